The van der Waals surface area contributed by atoms with Crippen LogP contribution in [0.5, 0.6) is 5.75 Å². The van der Waals surface area contributed by atoms with Gasteiger partial charge in [0.25, 0.3) is 0 Å². The fourth-order valence-corrected chi connectivity index (χ4v) is 3.99. The lowest BCUT2D eigenvalue weighted by molar-refractivity contribution is 0.00102. The van der Waals surface area contributed by atoms with Gasteiger partial charge in [-0.1, -0.05) is 78.9 Å². The monoisotopic (exact) mass is 366 g/mol. The van der Waals surface area contributed by atoms with Crippen LogP contribution in [-0.4, -0.2) is 29.1 Å². The highest BCUT2D eigenvalue weighted by Gasteiger charge is 2.35. The third kappa shape index (κ3) is 3.25. The molecule has 138 valence electrons. The summed E-state index contributed by atoms with van der Waals surface area (Å²) in [6.45, 7) is 1.80. The predicted octanol–water partition coefficient (Wildman–Crippen LogP) is 5.09. The van der Waals surface area contributed by atoms with Gasteiger partial charge in [-0.3, -0.25) is 9.88 Å². The van der Waals surface area contributed by atoms with E-state index in [1.807, 2.05) is 24.4 Å². The molecule has 0 atom stereocenters. The highest BCUT2D eigenvalue weighted by Crippen LogP contribution is 2.34. The molecule has 0 amide bonds. The van der Waals surface area contributed by atoms with E-state index in [4.69, 9.17) is 4.74 Å². The number of aromatic nitrogens is 1. The van der Waals surface area contributed by atoms with E-state index in [2.05, 4.69) is 82.7 Å². The van der Waals surface area contributed by atoms with Crippen molar-refractivity contribution in [3.05, 3.63) is 108 Å². The number of likely N-dealkylation sites (tertiary alicyclic amines) is 1. The number of benzene rings is 3. The second kappa shape index (κ2) is 7.45. The van der Waals surface area contributed by atoms with E-state index in [0.717, 1.165) is 29.7 Å². The van der Waals surface area contributed by atoms with Crippen molar-refractivity contribution in [1.29, 1.82) is 0 Å². The van der Waals surface area contributed by atoms with Crippen molar-refractivity contribution in [2.24, 2.45) is 0 Å². The van der Waals surface area contributed by atoms with E-state index in [1.54, 1.807) is 0 Å². The first kappa shape index (κ1) is 17.0. The van der Waals surface area contributed by atoms with E-state index in [9.17, 15) is 0 Å². The zero-order valence-corrected chi connectivity index (χ0v) is 15.6. The van der Waals surface area contributed by atoms with Crippen LogP contribution < -0.4 is 4.74 Å². The molecular formula is C25H22N2O. The molecule has 1 fully saturated rings. The maximum atomic E-state index is 6.31. The van der Waals surface area contributed by atoms with Gasteiger partial charge in [-0.2, -0.15) is 0 Å². The predicted molar refractivity (Wildman–Crippen MR) is 112 cm³/mol. The number of hydrogen-bond donors (Lipinski definition) is 0. The molecule has 0 radical (unpaired) electrons. The first-order valence-corrected chi connectivity index (χ1v) is 9.73. The van der Waals surface area contributed by atoms with Gasteiger partial charge in [0.15, 0.2) is 0 Å². The molecular weight excluding hydrogens is 344 g/mol. The molecule has 2 heterocycles. The maximum absolute atomic E-state index is 6.31. The van der Waals surface area contributed by atoms with Gasteiger partial charge in [0, 0.05) is 24.7 Å². The molecule has 5 rings (SSSR count). The van der Waals surface area contributed by atoms with Crippen molar-refractivity contribution in [2.75, 3.05) is 13.1 Å². The summed E-state index contributed by atoms with van der Waals surface area (Å²) in [5, 5.41) is 1.11. The smallest absolute Gasteiger partial charge is 0.146 e. The summed E-state index contributed by atoms with van der Waals surface area (Å²) < 4.78 is 6.31. The first-order valence-electron chi connectivity index (χ1n) is 9.73. The Balaban J connectivity index is 1.35. The summed E-state index contributed by atoms with van der Waals surface area (Å²) in [7, 11) is 0. The molecule has 3 heteroatoms. The van der Waals surface area contributed by atoms with E-state index in [1.165, 1.54) is 11.1 Å². The highest BCUT2D eigenvalue weighted by atomic mass is 16.5. The van der Waals surface area contributed by atoms with Crippen LogP contribution in [-0.2, 0) is 0 Å². The summed E-state index contributed by atoms with van der Waals surface area (Å²) in [5.74, 6) is 0.874. The number of pyridine rings is 1. The van der Waals surface area contributed by atoms with Crippen molar-refractivity contribution in [1.82, 2.24) is 9.88 Å². The highest BCUT2D eigenvalue weighted by molar-refractivity contribution is 5.84. The number of rotatable bonds is 5. The van der Waals surface area contributed by atoms with E-state index in [-0.39, 0.29) is 12.1 Å². The van der Waals surface area contributed by atoms with Gasteiger partial charge in [-0.15, -0.1) is 0 Å². The molecule has 0 unspecified atom stereocenters. The Morgan fingerprint density at radius 1 is 0.750 bits per heavy atom. The van der Waals surface area contributed by atoms with Gasteiger partial charge < -0.3 is 4.74 Å². The van der Waals surface area contributed by atoms with E-state index >= 15 is 0 Å². The summed E-state index contributed by atoms with van der Waals surface area (Å²) in [6.07, 6.45) is 2.01. The molecule has 1 aromatic heterocycles. The molecule has 0 saturated carbocycles. The average molecular weight is 366 g/mol. The van der Waals surface area contributed by atoms with E-state index in [0.29, 0.717) is 0 Å². The van der Waals surface area contributed by atoms with Crippen LogP contribution in [0.1, 0.15) is 17.2 Å². The van der Waals surface area contributed by atoms with Gasteiger partial charge >= 0.3 is 0 Å². The standard InChI is InChI=1S/C25H22N2O/c1-3-9-20(10-4-1)25(21-11-5-2-6-12-21)27-17-22(18-27)28-23-15-7-13-19-14-8-16-26-24(19)23/h1-16,22,25H,17-18H2. The number of nitrogens with zero attached hydrogens (tertiary/aromatic N) is 2. The molecule has 0 aliphatic carbocycles. The Hall–Kier alpha value is -3.17. The van der Waals surface area contributed by atoms with Crippen LogP contribution in [0.2, 0.25) is 0 Å². The lowest BCUT2D eigenvalue weighted by atomic mass is 9.94. The molecule has 1 saturated heterocycles. The van der Waals surface area contributed by atoms with Crippen molar-refractivity contribution in [3.63, 3.8) is 0 Å². The minimum atomic E-state index is 0.183. The fraction of sp³-hybridized carbons (Fsp3) is 0.160. The zero-order chi connectivity index (χ0) is 18.8. The molecule has 4 aromatic rings. The van der Waals surface area contributed by atoms with Crippen LogP contribution in [0.25, 0.3) is 10.9 Å². The maximum Gasteiger partial charge on any atom is 0.146 e. The second-order valence-electron chi connectivity index (χ2n) is 7.25. The Labute approximate surface area is 165 Å². The quantitative estimate of drug-likeness (QED) is 0.492. The van der Waals surface area contributed by atoms with Crippen molar-refractivity contribution < 1.29 is 4.74 Å². The topological polar surface area (TPSA) is 25.4 Å². The molecule has 1 aliphatic rings. The first-order chi connectivity index (χ1) is 13.9. The molecule has 3 aromatic carbocycles. The normalized spacial score (nSPS) is 14.9. The van der Waals surface area contributed by atoms with Gasteiger partial charge in [0.1, 0.15) is 17.4 Å². The Bertz CT molecular complexity index is 1010. The van der Waals surface area contributed by atoms with Gasteiger partial charge in [0.05, 0.1) is 6.04 Å². The lowest BCUT2D eigenvalue weighted by Crippen LogP contribution is -2.55. The summed E-state index contributed by atoms with van der Waals surface area (Å²) in [5.41, 5.74) is 3.57. The third-order valence-corrected chi connectivity index (χ3v) is 5.36. The lowest BCUT2D eigenvalue weighted by Gasteiger charge is -2.44. The molecule has 0 bridgehead atoms. The number of hydrogen-bond acceptors (Lipinski definition) is 3. The van der Waals surface area contributed by atoms with E-state index < -0.39 is 0 Å². The van der Waals surface area contributed by atoms with Crippen molar-refractivity contribution >= 4 is 10.9 Å². The summed E-state index contributed by atoms with van der Waals surface area (Å²) in [6, 6.07) is 31.8. The summed E-state index contributed by atoms with van der Waals surface area (Å²) in [4.78, 5) is 6.98. The van der Waals surface area contributed by atoms with Crippen molar-refractivity contribution in [2.45, 2.75) is 12.1 Å². The van der Waals surface area contributed by atoms with Gasteiger partial charge in [0.2, 0.25) is 0 Å². The minimum Gasteiger partial charge on any atom is -0.485 e. The Morgan fingerprint density at radius 2 is 1.39 bits per heavy atom. The van der Waals surface area contributed by atoms with Gasteiger partial charge in [-0.25, -0.2) is 0 Å². The largest absolute Gasteiger partial charge is 0.485 e. The van der Waals surface area contributed by atoms with Crippen LogP contribution in [0.15, 0.2) is 97.2 Å². The van der Waals surface area contributed by atoms with Crippen LogP contribution in [0, 0.1) is 0 Å². The molecule has 1 aliphatic heterocycles. The Morgan fingerprint density at radius 3 is 2.07 bits per heavy atom. The van der Waals surface area contributed by atoms with Gasteiger partial charge in [-0.05, 0) is 23.3 Å². The third-order valence-electron chi connectivity index (χ3n) is 5.36. The molecule has 28 heavy (non-hydrogen) atoms. The zero-order valence-electron chi connectivity index (χ0n) is 15.6. The number of ether oxygens (including phenoxy) is 1. The van der Waals surface area contributed by atoms with Crippen molar-refractivity contribution in [3.8, 4) is 5.75 Å². The average Bonchev–Trinajstić information content (AvgIpc) is 2.74. The molecule has 3 nitrogen and oxygen atoms in total. The van der Waals surface area contributed by atoms with Crippen LogP contribution in [0.3, 0.4) is 0 Å². The second-order valence-corrected chi connectivity index (χ2v) is 7.25. The number of para-hydroxylation sites is 1. The molecule has 0 spiro atoms. The molecule has 0 N–H and O–H groups in total. The minimum absolute atomic E-state index is 0.183. The number of fused-ring (bicyclic) bond motifs is 1. The van der Waals surface area contributed by atoms with Crippen LogP contribution >= 0.6 is 0 Å². The van der Waals surface area contributed by atoms with Crippen LogP contribution in [0.4, 0.5) is 0 Å². The Kier molecular flexibility index (Phi) is 4.51. The SMILES string of the molecule is c1ccc(C(c2ccccc2)N2CC(Oc3cccc4cccnc34)C2)cc1. The fourth-order valence-electron chi connectivity index (χ4n) is 3.99. The summed E-state index contributed by atoms with van der Waals surface area (Å²) >= 11 is 0.